The molecule has 1 saturated heterocycles. The lowest BCUT2D eigenvalue weighted by Gasteiger charge is -2.43. The molecule has 2 aliphatic rings. The second-order valence-electron chi connectivity index (χ2n) is 6.60. The van der Waals surface area contributed by atoms with Gasteiger partial charge in [-0.15, -0.1) is 0 Å². The topological polar surface area (TPSA) is 58.6 Å². The molecule has 0 unspecified atom stereocenters. The van der Waals surface area contributed by atoms with Gasteiger partial charge in [0.2, 0.25) is 0 Å². The second kappa shape index (κ2) is 6.80. The van der Waals surface area contributed by atoms with Crippen LogP contribution in [0.1, 0.15) is 56.6 Å². The Kier molecular flexibility index (Phi) is 4.79. The first-order valence-corrected chi connectivity index (χ1v) is 8.36. The van der Waals surface area contributed by atoms with E-state index in [0.717, 1.165) is 25.7 Å². The molecule has 1 aromatic carbocycles. The van der Waals surface area contributed by atoms with Crippen LogP contribution in [0.15, 0.2) is 30.3 Å². The molecular weight excluding hydrogens is 278 g/mol. The highest BCUT2D eigenvalue weighted by Crippen LogP contribution is 2.38. The SMILES string of the molecule is O=C(N[C@@H]1CCOC2(CCCCC2)C1)[C@H](O)c1ccccc1. The predicted octanol–water partition coefficient (Wildman–Crippen LogP) is 2.72. The van der Waals surface area contributed by atoms with Crippen molar-refractivity contribution < 1.29 is 14.6 Å². The fourth-order valence-electron chi connectivity index (χ4n) is 3.76. The fourth-order valence-corrected chi connectivity index (χ4v) is 3.76. The van der Waals surface area contributed by atoms with E-state index >= 15 is 0 Å². The van der Waals surface area contributed by atoms with Crippen LogP contribution in [0.25, 0.3) is 0 Å². The monoisotopic (exact) mass is 303 g/mol. The maximum atomic E-state index is 12.3. The van der Waals surface area contributed by atoms with Gasteiger partial charge in [-0.3, -0.25) is 4.79 Å². The normalized spacial score (nSPS) is 25.6. The number of ether oxygens (including phenoxy) is 1. The maximum absolute atomic E-state index is 12.3. The number of benzene rings is 1. The summed E-state index contributed by atoms with van der Waals surface area (Å²) in [5.74, 6) is -0.302. The smallest absolute Gasteiger partial charge is 0.253 e. The number of carbonyl (C=O) groups excluding carboxylic acids is 1. The van der Waals surface area contributed by atoms with Crippen molar-refractivity contribution >= 4 is 5.91 Å². The number of amides is 1. The first kappa shape index (κ1) is 15.5. The standard InChI is InChI=1S/C18H25NO3/c20-16(14-7-3-1-4-8-14)17(21)19-15-9-12-22-18(13-15)10-5-2-6-11-18/h1,3-4,7-8,15-16,20H,2,5-6,9-13H2,(H,19,21)/t15-,16-/m1/s1. The zero-order chi connectivity index (χ0) is 15.4. The zero-order valence-electron chi connectivity index (χ0n) is 13.0. The summed E-state index contributed by atoms with van der Waals surface area (Å²) in [5.41, 5.74) is 0.603. The van der Waals surface area contributed by atoms with E-state index < -0.39 is 6.10 Å². The number of aliphatic hydroxyl groups is 1. The van der Waals surface area contributed by atoms with E-state index in [2.05, 4.69) is 5.32 Å². The minimum absolute atomic E-state index is 0.0356. The number of aliphatic hydroxyl groups excluding tert-OH is 1. The van der Waals surface area contributed by atoms with Crippen molar-refractivity contribution in [2.24, 2.45) is 0 Å². The van der Waals surface area contributed by atoms with Crippen molar-refractivity contribution in [1.29, 1.82) is 0 Å². The molecular formula is C18H25NO3. The van der Waals surface area contributed by atoms with Crippen molar-refractivity contribution in [3.63, 3.8) is 0 Å². The Hall–Kier alpha value is -1.39. The molecule has 2 fully saturated rings. The van der Waals surface area contributed by atoms with Gasteiger partial charge < -0.3 is 15.2 Å². The molecule has 4 nitrogen and oxygen atoms in total. The molecule has 1 heterocycles. The first-order valence-electron chi connectivity index (χ1n) is 8.36. The van der Waals surface area contributed by atoms with Crippen molar-refractivity contribution in [2.75, 3.05) is 6.61 Å². The Labute approximate surface area is 131 Å². The summed E-state index contributed by atoms with van der Waals surface area (Å²) in [5, 5.41) is 13.2. The van der Waals surface area contributed by atoms with E-state index in [9.17, 15) is 9.90 Å². The fraction of sp³-hybridized carbons (Fsp3) is 0.611. The highest BCUT2D eigenvalue weighted by Gasteiger charge is 2.39. The second-order valence-corrected chi connectivity index (χ2v) is 6.60. The molecule has 2 N–H and O–H groups in total. The average molecular weight is 303 g/mol. The minimum atomic E-state index is -1.09. The van der Waals surface area contributed by atoms with Gasteiger partial charge >= 0.3 is 0 Å². The molecule has 1 spiro atoms. The van der Waals surface area contributed by atoms with Gasteiger partial charge in [0.25, 0.3) is 5.91 Å². The number of carbonyl (C=O) groups is 1. The molecule has 22 heavy (non-hydrogen) atoms. The molecule has 0 radical (unpaired) electrons. The molecule has 1 aliphatic heterocycles. The van der Waals surface area contributed by atoms with Crippen molar-refractivity contribution in [1.82, 2.24) is 5.32 Å². The largest absolute Gasteiger partial charge is 0.378 e. The summed E-state index contributed by atoms with van der Waals surface area (Å²) in [4.78, 5) is 12.3. The van der Waals surface area contributed by atoms with E-state index in [4.69, 9.17) is 4.74 Å². The van der Waals surface area contributed by atoms with Gasteiger partial charge in [0.05, 0.1) is 5.60 Å². The third-order valence-electron chi connectivity index (χ3n) is 4.97. The molecule has 4 heteroatoms. The van der Waals surface area contributed by atoms with E-state index in [1.165, 1.54) is 19.3 Å². The lowest BCUT2D eigenvalue weighted by molar-refractivity contribution is -0.135. The molecule has 1 aromatic rings. The Morgan fingerprint density at radius 3 is 2.68 bits per heavy atom. The van der Waals surface area contributed by atoms with Crippen LogP contribution in [0.5, 0.6) is 0 Å². The molecule has 1 amide bonds. The van der Waals surface area contributed by atoms with Gasteiger partial charge in [-0.25, -0.2) is 0 Å². The number of hydrogen-bond acceptors (Lipinski definition) is 3. The Morgan fingerprint density at radius 1 is 1.23 bits per heavy atom. The molecule has 2 atom stereocenters. The first-order chi connectivity index (χ1) is 10.7. The van der Waals surface area contributed by atoms with Crippen LogP contribution in [0, 0.1) is 0 Å². The van der Waals surface area contributed by atoms with E-state index in [-0.39, 0.29) is 17.6 Å². The van der Waals surface area contributed by atoms with E-state index in [1.54, 1.807) is 12.1 Å². The highest BCUT2D eigenvalue weighted by molar-refractivity contribution is 5.82. The third kappa shape index (κ3) is 3.50. The van der Waals surface area contributed by atoms with Crippen LogP contribution in [-0.2, 0) is 9.53 Å². The van der Waals surface area contributed by atoms with Gasteiger partial charge in [-0.1, -0.05) is 49.6 Å². The third-order valence-corrected chi connectivity index (χ3v) is 4.97. The minimum Gasteiger partial charge on any atom is -0.378 e. The summed E-state index contributed by atoms with van der Waals surface area (Å²) in [7, 11) is 0. The van der Waals surface area contributed by atoms with Crippen LogP contribution in [0.3, 0.4) is 0 Å². The molecule has 120 valence electrons. The van der Waals surface area contributed by atoms with Crippen LogP contribution in [0.4, 0.5) is 0 Å². The average Bonchev–Trinajstić information content (AvgIpc) is 2.56. The number of rotatable bonds is 3. The van der Waals surface area contributed by atoms with Crippen molar-refractivity contribution in [3.05, 3.63) is 35.9 Å². The summed E-state index contributed by atoms with van der Waals surface area (Å²) >= 11 is 0. The van der Waals surface area contributed by atoms with Crippen LogP contribution in [0.2, 0.25) is 0 Å². The van der Waals surface area contributed by atoms with E-state index in [0.29, 0.717) is 12.2 Å². The molecule has 1 saturated carbocycles. The highest BCUT2D eigenvalue weighted by atomic mass is 16.5. The maximum Gasteiger partial charge on any atom is 0.253 e. The van der Waals surface area contributed by atoms with Gasteiger partial charge in [-0.05, 0) is 31.2 Å². The number of nitrogens with one attached hydrogen (secondary N) is 1. The summed E-state index contributed by atoms with van der Waals surface area (Å²) in [6.07, 6.45) is 6.53. The Bertz CT molecular complexity index is 491. The van der Waals surface area contributed by atoms with E-state index in [1.807, 2.05) is 18.2 Å². The quantitative estimate of drug-likeness (QED) is 0.902. The van der Waals surface area contributed by atoms with Gasteiger partial charge in [0.15, 0.2) is 6.10 Å². The van der Waals surface area contributed by atoms with Crippen molar-refractivity contribution in [2.45, 2.75) is 62.7 Å². The molecule has 0 bridgehead atoms. The van der Waals surface area contributed by atoms with Crippen LogP contribution in [-0.4, -0.2) is 29.3 Å². The van der Waals surface area contributed by atoms with Crippen molar-refractivity contribution in [3.8, 4) is 0 Å². The summed E-state index contributed by atoms with van der Waals surface area (Å²) in [6, 6.07) is 9.19. The Balaban J connectivity index is 1.59. The van der Waals surface area contributed by atoms with Crippen LogP contribution >= 0.6 is 0 Å². The summed E-state index contributed by atoms with van der Waals surface area (Å²) < 4.78 is 6.05. The molecule has 1 aliphatic carbocycles. The van der Waals surface area contributed by atoms with Gasteiger partial charge in [-0.2, -0.15) is 0 Å². The zero-order valence-corrected chi connectivity index (χ0v) is 13.0. The Morgan fingerprint density at radius 2 is 1.95 bits per heavy atom. The van der Waals surface area contributed by atoms with Crippen LogP contribution < -0.4 is 5.32 Å². The lowest BCUT2D eigenvalue weighted by atomic mass is 9.78. The predicted molar refractivity (Wildman–Crippen MR) is 84.3 cm³/mol. The molecule has 3 rings (SSSR count). The van der Waals surface area contributed by atoms with Gasteiger partial charge in [0.1, 0.15) is 0 Å². The summed E-state index contributed by atoms with van der Waals surface area (Å²) in [6.45, 7) is 0.701. The molecule has 0 aromatic heterocycles. The van der Waals surface area contributed by atoms with Gasteiger partial charge in [0, 0.05) is 12.6 Å². The number of hydrogen-bond donors (Lipinski definition) is 2. The lowest BCUT2D eigenvalue weighted by Crippen LogP contribution is -2.50.